The summed E-state index contributed by atoms with van der Waals surface area (Å²) in [7, 11) is 0. The second-order valence-electron chi connectivity index (χ2n) is 2.29. The highest BCUT2D eigenvalue weighted by Crippen LogP contribution is 2.37. The Kier molecular flexibility index (Phi) is 2.69. The molecular formula is C8H7IS2. The number of thioether (sulfide) groups is 2. The van der Waals surface area contributed by atoms with Crippen LogP contribution in [0.2, 0.25) is 0 Å². The molecule has 58 valence electrons. The Morgan fingerprint density at radius 2 is 1.82 bits per heavy atom. The van der Waals surface area contributed by atoms with Crippen LogP contribution in [0.5, 0.6) is 0 Å². The Balaban J connectivity index is 2.43. The van der Waals surface area contributed by atoms with Crippen LogP contribution in [0, 0.1) is 3.57 Å². The SMILES string of the molecule is Ic1ccc2c(c1)SCCS2. The van der Waals surface area contributed by atoms with E-state index in [0.29, 0.717) is 0 Å². The number of halogens is 1. The molecule has 0 radical (unpaired) electrons. The number of hydrogen-bond donors (Lipinski definition) is 0. The Morgan fingerprint density at radius 1 is 1.09 bits per heavy atom. The first-order valence-corrected chi connectivity index (χ1v) is 6.46. The van der Waals surface area contributed by atoms with Crippen molar-refractivity contribution < 1.29 is 0 Å². The van der Waals surface area contributed by atoms with Crippen molar-refractivity contribution in [3.8, 4) is 0 Å². The molecular weight excluding hydrogens is 287 g/mol. The number of benzene rings is 1. The van der Waals surface area contributed by atoms with Crippen LogP contribution in [0.25, 0.3) is 0 Å². The van der Waals surface area contributed by atoms with Gasteiger partial charge in [0, 0.05) is 24.9 Å². The fraction of sp³-hybridized carbons (Fsp3) is 0.250. The van der Waals surface area contributed by atoms with Crippen molar-refractivity contribution in [3.63, 3.8) is 0 Å². The lowest BCUT2D eigenvalue weighted by atomic mass is 10.4. The molecule has 0 saturated carbocycles. The van der Waals surface area contributed by atoms with E-state index >= 15 is 0 Å². The van der Waals surface area contributed by atoms with E-state index in [9.17, 15) is 0 Å². The molecule has 1 aliphatic heterocycles. The molecule has 0 N–H and O–H groups in total. The molecule has 0 aliphatic carbocycles. The standard InChI is InChI=1S/C8H7IS2/c9-6-1-2-7-8(5-6)11-4-3-10-7/h1-2,5H,3-4H2. The molecule has 0 nitrogen and oxygen atoms in total. The summed E-state index contributed by atoms with van der Waals surface area (Å²) < 4.78 is 1.34. The lowest BCUT2D eigenvalue weighted by molar-refractivity contribution is 1.21. The van der Waals surface area contributed by atoms with Gasteiger partial charge in [-0.25, -0.2) is 0 Å². The highest BCUT2D eigenvalue weighted by Gasteiger charge is 2.09. The van der Waals surface area contributed by atoms with Gasteiger partial charge in [-0.1, -0.05) is 0 Å². The summed E-state index contributed by atoms with van der Waals surface area (Å²) in [6.07, 6.45) is 0. The monoisotopic (exact) mass is 294 g/mol. The maximum absolute atomic E-state index is 2.36. The van der Waals surface area contributed by atoms with E-state index in [1.54, 1.807) is 0 Å². The van der Waals surface area contributed by atoms with Gasteiger partial charge in [0.15, 0.2) is 0 Å². The lowest BCUT2D eigenvalue weighted by Gasteiger charge is -2.13. The Hall–Kier alpha value is 0.650. The maximum Gasteiger partial charge on any atom is 0.0219 e. The van der Waals surface area contributed by atoms with Crippen molar-refractivity contribution in [2.75, 3.05) is 11.5 Å². The minimum atomic E-state index is 1.26. The largest absolute Gasteiger partial charge is 0.124 e. The zero-order chi connectivity index (χ0) is 7.68. The zero-order valence-electron chi connectivity index (χ0n) is 5.84. The lowest BCUT2D eigenvalue weighted by Crippen LogP contribution is -1.93. The average molecular weight is 294 g/mol. The number of hydrogen-bond acceptors (Lipinski definition) is 2. The fourth-order valence-corrected chi connectivity index (χ4v) is 3.97. The molecule has 0 fully saturated rings. The van der Waals surface area contributed by atoms with E-state index in [1.807, 2.05) is 23.5 Å². The average Bonchev–Trinajstić information content (AvgIpc) is 2.04. The van der Waals surface area contributed by atoms with Crippen LogP contribution in [0.15, 0.2) is 28.0 Å². The van der Waals surface area contributed by atoms with Gasteiger partial charge in [0.1, 0.15) is 0 Å². The van der Waals surface area contributed by atoms with Gasteiger partial charge in [0.2, 0.25) is 0 Å². The first-order valence-electron chi connectivity index (χ1n) is 3.41. The smallest absolute Gasteiger partial charge is 0.0219 e. The molecule has 0 saturated heterocycles. The van der Waals surface area contributed by atoms with Gasteiger partial charge in [-0.05, 0) is 40.8 Å². The summed E-state index contributed by atoms with van der Waals surface area (Å²) in [4.78, 5) is 2.93. The van der Waals surface area contributed by atoms with Crippen LogP contribution in [-0.4, -0.2) is 11.5 Å². The molecule has 11 heavy (non-hydrogen) atoms. The molecule has 3 heteroatoms. The van der Waals surface area contributed by atoms with E-state index in [4.69, 9.17) is 0 Å². The van der Waals surface area contributed by atoms with Crippen molar-refractivity contribution in [3.05, 3.63) is 21.8 Å². The van der Waals surface area contributed by atoms with Gasteiger partial charge in [-0.2, -0.15) is 0 Å². The predicted octanol–water partition coefficient (Wildman–Crippen LogP) is 3.49. The predicted molar refractivity (Wildman–Crippen MR) is 60.6 cm³/mol. The van der Waals surface area contributed by atoms with E-state index in [2.05, 4.69) is 40.8 Å². The Bertz CT molecular complexity index is 273. The molecule has 0 aromatic heterocycles. The zero-order valence-corrected chi connectivity index (χ0v) is 9.63. The first kappa shape index (κ1) is 8.26. The summed E-state index contributed by atoms with van der Waals surface area (Å²) in [5, 5.41) is 0. The second kappa shape index (κ2) is 3.58. The van der Waals surface area contributed by atoms with Gasteiger partial charge in [0.05, 0.1) is 0 Å². The van der Waals surface area contributed by atoms with Crippen molar-refractivity contribution in [1.29, 1.82) is 0 Å². The van der Waals surface area contributed by atoms with Gasteiger partial charge < -0.3 is 0 Å². The topological polar surface area (TPSA) is 0 Å². The van der Waals surface area contributed by atoms with Gasteiger partial charge >= 0.3 is 0 Å². The number of fused-ring (bicyclic) bond motifs is 1. The van der Waals surface area contributed by atoms with E-state index in [-0.39, 0.29) is 0 Å². The summed E-state index contributed by atoms with van der Waals surface area (Å²) >= 11 is 6.31. The van der Waals surface area contributed by atoms with E-state index in [0.717, 1.165) is 0 Å². The molecule has 1 aromatic carbocycles. The number of rotatable bonds is 0. The van der Waals surface area contributed by atoms with Crippen LogP contribution in [0.3, 0.4) is 0 Å². The molecule has 1 aliphatic rings. The minimum Gasteiger partial charge on any atom is -0.124 e. The minimum absolute atomic E-state index is 1.26. The van der Waals surface area contributed by atoms with Crippen molar-refractivity contribution in [2.24, 2.45) is 0 Å². The van der Waals surface area contributed by atoms with Crippen LogP contribution in [-0.2, 0) is 0 Å². The second-order valence-corrected chi connectivity index (χ2v) is 5.81. The highest BCUT2D eigenvalue weighted by atomic mass is 127. The molecule has 1 aromatic rings. The van der Waals surface area contributed by atoms with Crippen LogP contribution >= 0.6 is 46.1 Å². The van der Waals surface area contributed by atoms with Crippen molar-refractivity contribution >= 4 is 46.1 Å². The summed E-state index contributed by atoms with van der Waals surface area (Å²) in [5.41, 5.74) is 0. The summed E-state index contributed by atoms with van der Waals surface area (Å²) in [6, 6.07) is 6.68. The summed E-state index contributed by atoms with van der Waals surface area (Å²) in [6.45, 7) is 0. The molecule has 0 unspecified atom stereocenters. The third-order valence-corrected chi connectivity index (χ3v) is 4.70. The summed E-state index contributed by atoms with van der Waals surface area (Å²) in [5.74, 6) is 2.52. The van der Waals surface area contributed by atoms with Crippen LogP contribution in [0.1, 0.15) is 0 Å². The molecule has 1 heterocycles. The van der Waals surface area contributed by atoms with Crippen LogP contribution in [0.4, 0.5) is 0 Å². The first-order chi connectivity index (χ1) is 5.36. The van der Waals surface area contributed by atoms with Crippen molar-refractivity contribution in [1.82, 2.24) is 0 Å². The molecule has 0 bridgehead atoms. The third-order valence-electron chi connectivity index (χ3n) is 1.50. The Labute approximate surface area is 88.7 Å². The molecule has 2 rings (SSSR count). The normalized spacial score (nSPS) is 16.1. The van der Waals surface area contributed by atoms with Crippen LogP contribution < -0.4 is 0 Å². The third kappa shape index (κ3) is 1.87. The van der Waals surface area contributed by atoms with E-state index in [1.165, 1.54) is 24.9 Å². The Morgan fingerprint density at radius 3 is 2.64 bits per heavy atom. The van der Waals surface area contributed by atoms with Gasteiger partial charge in [-0.15, -0.1) is 23.5 Å². The quantitative estimate of drug-likeness (QED) is 0.672. The molecule has 0 atom stereocenters. The molecule has 0 spiro atoms. The van der Waals surface area contributed by atoms with Gasteiger partial charge in [-0.3, -0.25) is 0 Å². The fourth-order valence-electron chi connectivity index (χ4n) is 1.02. The highest BCUT2D eigenvalue weighted by molar-refractivity contribution is 14.1. The maximum atomic E-state index is 2.36. The molecule has 0 amide bonds. The van der Waals surface area contributed by atoms with Gasteiger partial charge in [0.25, 0.3) is 0 Å². The van der Waals surface area contributed by atoms with E-state index < -0.39 is 0 Å². The van der Waals surface area contributed by atoms with Crippen molar-refractivity contribution in [2.45, 2.75) is 9.79 Å².